The average Bonchev–Trinajstić information content (AvgIpc) is 2.95. The summed E-state index contributed by atoms with van der Waals surface area (Å²) in [5, 5.41) is 0. The van der Waals surface area contributed by atoms with E-state index >= 15 is 0 Å². The van der Waals surface area contributed by atoms with Crippen LogP contribution in [-0.4, -0.2) is 63.9 Å². The molecular formula is C28H30F2N2O6S2. The van der Waals surface area contributed by atoms with Gasteiger partial charge in [0.05, 0.1) is 12.4 Å². The van der Waals surface area contributed by atoms with Gasteiger partial charge in [-0.05, 0) is 73.3 Å². The van der Waals surface area contributed by atoms with E-state index < -0.39 is 40.1 Å². The van der Waals surface area contributed by atoms with Crippen molar-refractivity contribution in [2.75, 3.05) is 38.8 Å². The summed E-state index contributed by atoms with van der Waals surface area (Å²) in [6, 6.07) is 15.8. The first-order chi connectivity index (χ1) is 19.1. The maximum atomic E-state index is 13.8. The predicted octanol–water partition coefficient (Wildman–Crippen LogP) is 4.49. The lowest BCUT2D eigenvalue weighted by Gasteiger charge is -2.22. The Bertz CT molecular complexity index is 1450. The Hall–Kier alpha value is -3.48. The SMILES string of the molecule is CCOC(=O)CN(CCS(=O)(=O)NC)C(=O)c1cccc(COc2ccc(-c3cc(F)c(F)cc3SC)cc2)c1. The van der Waals surface area contributed by atoms with E-state index in [4.69, 9.17) is 9.47 Å². The van der Waals surface area contributed by atoms with Crippen LogP contribution in [0.3, 0.4) is 0 Å². The minimum atomic E-state index is -3.61. The van der Waals surface area contributed by atoms with Gasteiger partial charge >= 0.3 is 5.97 Å². The van der Waals surface area contributed by atoms with Crippen LogP contribution in [0.5, 0.6) is 5.75 Å². The van der Waals surface area contributed by atoms with Crippen LogP contribution in [-0.2, 0) is 26.2 Å². The van der Waals surface area contributed by atoms with E-state index in [9.17, 15) is 26.8 Å². The number of thioether (sulfide) groups is 1. The Morgan fingerprint density at radius 2 is 1.73 bits per heavy atom. The Kier molecular flexibility index (Phi) is 11.1. The van der Waals surface area contributed by atoms with Gasteiger partial charge in [-0.1, -0.05) is 24.3 Å². The number of hydrogen-bond donors (Lipinski definition) is 1. The minimum Gasteiger partial charge on any atom is -0.489 e. The standard InChI is InChI=1S/C28H30F2N2O6S2/c1-4-37-27(33)17-32(12-13-40(35,36)31-2)28(34)21-7-5-6-19(14-21)18-38-22-10-8-20(9-11-22)23-15-24(29)25(30)16-26(23)39-3/h5-11,14-16,31H,4,12-13,17-18H2,1-3H3. The molecule has 0 fully saturated rings. The third kappa shape index (κ3) is 8.51. The van der Waals surface area contributed by atoms with Crippen molar-refractivity contribution < 1.29 is 36.3 Å². The number of nitrogens with one attached hydrogen (secondary N) is 1. The van der Waals surface area contributed by atoms with Gasteiger partial charge in [-0.2, -0.15) is 0 Å². The summed E-state index contributed by atoms with van der Waals surface area (Å²) in [7, 11) is -2.34. The fourth-order valence-corrected chi connectivity index (χ4v) is 5.03. The van der Waals surface area contributed by atoms with Crippen LogP contribution in [0.1, 0.15) is 22.8 Å². The fraction of sp³-hybridized carbons (Fsp3) is 0.286. The molecule has 0 atom stereocenters. The Balaban J connectivity index is 1.72. The van der Waals surface area contributed by atoms with Crippen molar-refractivity contribution in [1.29, 1.82) is 0 Å². The van der Waals surface area contributed by atoms with E-state index in [0.717, 1.165) is 4.90 Å². The van der Waals surface area contributed by atoms with Crippen molar-refractivity contribution in [1.82, 2.24) is 9.62 Å². The van der Waals surface area contributed by atoms with Crippen LogP contribution in [0.25, 0.3) is 11.1 Å². The van der Waals surface area contributed by atoms with E-state index in [0.29, 0.717) is 27.3 Å². The molecule has 0 heterocycles. The smallest absolute Gasteiger partial charge is 0.325 e. The van der Waals surface area contributed by atoms with Gasteiger partial charge in [0.15, 0.2) is 11.6 Å². The van der Waals surface area contributed by atoms with Crippen LogP contribution in [0, 0.1) is 11.6 Å². The number of rotatable bonds is 13. The summed E-state index contributed by atoms with van der Waals surface area (Å²) in [5.74, 6) is -2.85. The number of nitrogens with zero attached hydrogens (tertiary/aromatic N) is 1. The predicted molar refractivity (Wildman–Crippen MR) is 150 cm³/mol. The van der Waals surface area contributed by atoms with Gasteiger partial charge in [0.2, 0.25) is 10.0 Å². The number of halogens is 2. The molecule has 0 aliphatic rings. The van der Waals surface area contributed by atoms with E-state index in [1.807, 2.05) is 0 Å². The third-order valence-corrected chi connectivity index (χ3v) is 7.96. The molecule has 0 aliphatic carbocycles. The molecule has 3 aromatic rings. The highest BCUT2D eigenvalue weighted by Crippen LogP contribution is 2.33. The first-order valence-corrected chi connectivity index (χ1v) is 15.2. The lowest BCUT2D eigenvalue weighted by Crippen LogP contribution is -2.41. The topological polar surface area (TPSA) is 102 Å². The van der Waals surface area contributed by atoms with Gasteiger partial charge < -0.3 is 14.4 Å². The molecule has 1 amide bonds. The molecule has 8 nitrogen and oxygen atoms in total. The van der Waals surface area contributed by atoms with E-state index in [-0.39, 0.29) is 31.1 Å². The Morgan fingerprint density at radius 3 is 2.38 bits per heavy atom. The van der Waals surface area contributed by atoms with Crippen molar-refractivity contribution in [3.8, 4) is 16.9 Å². The summed E-state index contributed by atoms with van der Waals surface area (Å²) < 4.78 is 64.2. The summed E-state index contributed by atoms with van der Waals surface area (Å²) in [6.07, 6.45) is 1.78. The van der Waals surface area contributed by atoms with Gasteiger partial charge in [0, 0.05) is 17.0 Å². The zero-order valence-electron chi connectivity index (χ0n) is 22.3. The van der Waals surface area contributed by atoms with E-state index in [1.54, 1.807) is 61.7 Å². The van der Waals surface area contributed by atoms with Gasteiger partial charge in [0.25, 0.3) is 5.91 Å². The molecule has 0 saturated heterocycles. The third-order valence-electron chi connectivity index (χ3n) is 5.84. The highest BCUT2D eigenvalue weighted by molar-refractivity contribution is 7.98. The second-order valence-electron chi connectivity index (χ2n) is 8.53. The molecule has 0 aromatic heterocycles. The molecule has 214 valence electrons. The molecule has 40 heavy (non-hydrogen) atoms. The molecule has 3 aromatic carbocycles. The first kappa shape index (κ1) is 31.1. The summed E-state index contributed by atoms with van der Waals surface area (Å²) in [5.41, 5.74) is 2.19. The maximum absolute atomic E-state index is 13.8. The normalized spacial score (nSPS) is 11.2. The second-order valence-corrected chi connectivity index (χ2v) is 11.4. The van der Waals surface area contributed by atoms with Crippen molar-refractivity contribution >= 4 is 33.7 Å². The molecule has 0 radical (unpaired) electrons. The summed E-state index contributed by atoms with van der Waals surface area (Å²) >= 11 is 1.31. The molecule has 0 spiro atoms. The van der Waals surface area contributed by atoms with Crippen molar-refractivity contribution in [2.45, 2.75) is 18.4 Å². The van der Waals surface area contributed by atoms with E-state index in [2.05, 4.69) is 4.72 Å². The maximum Gasteiger partial charge on any atom is 0.325 e. The van der Waals surface area contributed by atoms with Crippen LogP contribution in [0.2, 0.25) is 0 Å². The molecule has 12 heteroatoms. The van der Waals surface area contributed by atoms with Gasteiger partial charge in [-0.3, -0.25) is 9.59 Å². The number of sulfonamides is 1. The largest absolute Gasteiger partial charge is 0.489 e. The molecule has 0 bridgehead atoms. The molecule has 0 aliphatic heterocycles. The number of carbonyl (C=O) groups is 2. The monoisotopic (exact) mass is 592 g/mol. The molecular weight excluding hydrogens is 562 g/mol. The number of ether oxygens (including phenoxy) is 2. The zero-order chi connectivity index (χ0) is 29.3. The molecule has 0 unspecified atom stereocenters. The van der Waals surface area contributed by atoms with Gasteiger partial charge in [0.1, 0.15) is 18.9 Å². The Labute approximate surface area is 236 Å². The zero-order valence-corrected chi connectivity index (χ0v) is 23.9. The lowest BCUT2D eigenvalue weighted by molar-refractivity contribution is -0.143. The van der Waals surface area contributed by atoms with Crippen LogP contribution < -0.4 is 9.46 Å². The number of esters is 1. The van der Waals surface area contributed by atoms with Crippen molar-refractivity contribution in [3.05, 3.63) is 83.4 Å². The quantitative estimate of drug-likeness (QED) is 0.231. The molecule has 3 rings (SSSR count). The highest BCUT2D eigenvalue weighted by atomic mass is 32.2. The number of carbonyl (C=O) groups excluding carboxylic acids is 2. The Morgan fingerprint density at radius 1 is 1.02 bits per heavy atom. The van der Waals surface area contributed by atoms with Crippen molar-refractivity contribution in [3.63, 3.8) is 0 Å². The van der Waals surface area contributed by atoms with E-state index in [1.165, 1.54) is 30.9 Å². The summed E-state index contributed by atoms with van der Waals surface area (Å²) in [6.45, 7) is 1.28. The molecule has 1 N–H and O–H groups in total. The number of hydrogen-bond acceptors (Lipinski definition) is 7. The second kappa shape index (κ2) is 14.2. The number of amides is 1. The van der Waals surface area contributed by atoms with Crippen LogP contribution in [0.15, 0.2) is 65.6 Å². The van der Waals surface area contributed by atoms with Gasteiger partial charge in [-0.15, -0.1) is 11.8 Å². The van der Waals surface area contributed by atoms with Crippen LogP contribution >= 0.6 is 11.8 Å². The van der Waals surface area contributed by atoms with Crippen molar-refractivity contribution in [2.24, 2.45) is 0 Å². The van der Waals surface area contributed by atoms with Gasteiger partial charge in [-0.25, -0.2) is 21.9 Å². The highest BCUT2D eigenvalue weighted by Gasteiger charge is 2.22. The average molecular weight is 593 g/mol. The summed E-state index contributed by atoms with van der Waals surface area (Å²) in [4.78, 5) is 27.0. The van der Waals surface area contributed by atoms with Crippen LogP contribution in [0.4, 0.5) is 8.78 Å². The first-order valence-electron chi connectivity index (χ1n) is 12.3. The number of benzene rings is 3. The lowest BCUT2D eigenvalue weighted by atomic mass is 10.1. The molecule has 0 saturated carbocycles. The fourth-order valence-electron chi connectivity index (χ4n) is 3.74. The minimum absolute atomic E-state index is 0.119.